The first-order valence-corrected chi connectivity index (χ1v) is 19.9. The van der Waals surface area contributed by atoms with Gasteiger partial charge in [-0.1, -0.05) is 168 Å². The van der Waals surface area contributed by atoms with Crippen LogP contribution in [-0.2, 0) is 28.2 Å². The van der Waals surface area contributed by atoms with E-state index in [0.717, 1.165) is 32.1 Å². The zero-order valence-electron chi connectivity index (χ0n) is 30.6. The van der Waals surface area contributed by atoms with Crippen LogP contribution in [-0.4, -0.2) is 100 Å². The average molecular weight is 695 g/mol. The van der Waals surface area contributed by atoms with Gasteiger partial charge >= 0.3 is 19.8 Å². The maximum absolute atomic E-state index is 12.3. The molecule has 0 aromatic carbocycles. The Bertz CT molecular complexity index is 708. The van der Waals surface area contributed by atoms with Gasteiger partial charge in [0.25, 0.3) is 0 Å². The summed E-state index contributed by atoms with van der Waals surface area (Å²) in [6, 6.07) is 0. The van der Waals surface area contributed by atoms with Gasteiger partial charge in [0, 0.05) is 72.0 Å². The Kier molecular flexibility index (Phi) is 43.4. The minimum absolute atomic E-state index is 0. The fraction of sp³-hybridized carbons (Fsp3) is 0.943. The van der Waals surface area contributed by atoms with Crippen LogP contribution in [0.3, 0.4) is 0 Å². The van der Waals surface area contributed by atoms with Crippen molar-refractivity contribution in [2.75, 3.05) is 13.2 Å². The second-order valence-corrected chi connectivity index (χ2v) is 13.8. The van der Waals surface area contributed by atoms with Gasteiger partial charge in [0.1, 0.15) is 6.61 Å². The van der Waals surface area contributed by atoms with Crippen LogP contribution >= 0.6 is 7.82 Å². The summed E-state index contributed by atoms with van der Waals surface area (Å²) >= 11 is 0. The fourth-order valence-corrected chi connectivity index (χ4v) is 5.73. The summed E-state index contributed by atoms with van der Waals surface area (Å²) < 4.78 is 26.3. The molecule has 0 bridgehead atoms. The largest absolute Gasteiger partial charge is 0.469 e. The zero-order chi connectivity index (χ0) is 32.6. The number of ether oxygens (including phenoxy) is 2. The van der Waals surface area contributed by atoms with E-state index in [1.807, 2.05) is 0 Å². The number of unbranched alkanes of at least 4 members (excludes halogenated alkanes) is 24. The third-order valence-electron chi connectivity index (χ3n) is 8.13. The SMILES string of the molecule is CCCCCCCCCCCCCCCC(=O)OCC(COP(=O)(O)O)OC(=O)CCCCCCCCCCCCCCC.[Na].[Na]. The number of hydrogen-bond acceptors (Lipinski definition) is 6. The molecule has 0 amide bonds. The first kappa shape index (κ1) is 51.4. The van der Waals surface area contributed by atoms with Crippen molar-refractivity contribution >= 4 is 78.9 Å². The van der Waals surface area contributed by atoms with E-state index in [0.29, 0.717) is 6.42 Å². The van der Waals surface area contributed by atoms with Gasteiger partial charge < -0.3 is 19.3 Å². The first-order valence-electron chi connectivity index (χ1n) is 18.3. The maximum atomic E-state index is 12.3. The Morgan fingerprint density at radius 3 is 1.13 bits per heavy atom. The summed E-state index contributed by atoms with van der Waals surface area (Å²) in [7, 11) is -4.74. The molecule has 0 heterocycles. The molecule has 11 heteroatoms. The number of carbonyl (C=O) groups is 2. The van der Waals surface area contributed by atoms with Gasteiger partial charge in [-0.15, -0.1) is 0 Å². The van der Waals surface area contributed by atoms with Crippen molar-refractivity contribution in [1.29, 1.82) is 0 Å². The van der Waals surface area contributed by atoms with Crippen molar-refractivity contribution in [3.63, 3.8) is 0 Å². The Labute approximate surface area is 327 Å². The number of phosphoric ester groups is 1. The van der Waals surface area contributed by atoms with Crippen molar-refractivity contribution < 1.29 is 37.9 Å². The molecule has 2 radical (unpaired) electrons. The number of rotatable bonds is 34. The van der Waals surface area contributed by atoms with Gasteiger partial charge in [-0.05, 0) is 12.8 Å². The van der Waals surface area contributed by atoms with Gasteiger partial charge in [-0.25, -0.2) is 4.57 Å². The molecule has 0 saturated heterocycles. The molecular weight excluding hydrogens is 625 g/mol. The van der Waals surface area contributed by atoms with Gasteiger partial charge in [-0.3, -0.25) is 14.1 Å². The van der Waals surface area contributed by atoms with Crippen molar-refractivity contribution in [2.24, 2.45) is 0 Å². The molecular formula is C35H69Na2O8P. The molecule has 0 aromatic heterocycles. The van der Waals surface area contributed by atoms with Crippen LogP contribution in [0.1, 0.15) is 194 Å². The number of carbonyl (C=O) groups excluding carboxylic acids is 2. The summed E-state index contributed by atoms with van der Waals surface area (Å²) in [5, 5.41) is 0. The van der Waals surface area contributed by atoms with E-state index in [-0.39, 0.29) is 78.6 Å². The normalized spacial score (nSPS) is 11.8. The molecule has 0 aliphatic carbocycles. The second kappa shape index (κ2) is 38.8. The van der Waals surface area contributed by atoms with E-state index in [4.69, 9.17) is 19.3 Å². The van der Waals surface area contributed by atoms with Crippen molar-refractivity contribution in [3.8, 4) is 0 Å². The molecule has 0 fully saturated rings. The van der Waals surface area contributed by atoms with E-state index < -0.39 is 32.5 Å². The van der Waals surface area contributed by atoms with E-state index in [1.165, 1.54) is 128 Å². The van der Waals surface area contributed by atoms with Gasteiger partial charge in [0.15, 0.2) is 6.10 Å². The van der Waals surface area contributed by atoms with Crippen LogP contribution in [0.4, 0.5) is 0 Å². The Morgan fingerprint density at radius 1 is 0.500 bits per heavy atom. The van der Waals surface area contributed by atoms with E-state index in [2.05, 4.69) is 18.4 Å². The predicted molar refractivity (Wildman–Crippen MR) is 191 cm³/mol. The summed E-state index contributed by atoms with van der Waals surface area (Å²) in [6.45, 7) is 3.68. The topological polar surface area (TPSA) is 119 Å². The van der Waals surface area contributed by atoms with Gasteiger partial charge in [0.2, 0.25) is 0 Å². The van der Waals surface area contributed by atoms with Crippen molar-refractivity contribution in [3.05, 3.63) is 0 Å². The molecule has 46 heavy (non-hydrogen) atoms. The summed E-state index contributed by atoms with van der Waals surface area (Å²) in [4.78, 5) is 42.6. The first-order chi connectivity index (χ1) is 21.3. The summed E-state index contributed by atoms with van der Waals surface area (Å²) in [6.07, 6.45) is 31.0. The third-order valence-corrected chi connectivity index (χ3v) is 8.61. The molecule has 0 spiro atoms. The molecule has 1 unspecified atom stereocenters. The predicted octanol–water partition coefficient (Wildman–Crippen LogP) is 9.75. The Hall–Kier alpha value is 1.05. The zero-order valence-corrected chi connectivity index (χ0v) is 35.5. The number of hydrogen-bond donors (Lipinski definition) is 2. The molecule has 264 valence electrons. The van der Waals surface area contributed by atoms with Crippen molar-refractivity contribution in [1.82, 2.24) is 0 Å². The minimum atomic E-state index is -4.74. The van der Waals surface area contributed by atoms with E-state index in [9.17, 15) is 14.2 Å². The van der Waals surface area contributed by atoms with Gasteiger partial charge in [0.05, 0.1) is 6.61 Å². The van der Waals surface area contributed by atoms with Crippen LogP contribution in [0.2, 0.25) is 0 Å². The minimum Gasteiger partial charge on any atom is -0.462 e. The van der Waals surface area contributed by atoms with Crippen molar-refractivity contribution in [2.45, 2.75) is 200 Å². The molecule has 1 atom stereocenters. The molecule has 0 saturated carbocycles. The van der Waals surface area contributed by atoms with Crippen LogP contribution in [0.15, 0.2) is 0 Å². The quantitative estimate of drug-likeness (QED) is 0.0296. The standard InChI is InChI=1S/C35H69O8P.2Na/c1-3-5-7-9-11-13-15-17-19-21-23-25-27-29-34(36)41-31-33(32-42-44(38,39)40)43-35(37)30-28-26-24-22-20-18-16-14-12-10-8-6-4-2;;/h33H,3-32H2,1-2H3,(H2,38,39,40);;. The Balaban J connectivity index is -0.00000924. The fourth-order valence-electron chi connectivity index (χ4n) is 5.37. The molecule has 8 nitrogen and oxygen atoms in total. The maximum Gasteiger partial charge on any atom is 0.469 e. The molecule has 0 rings (SSSR count). The smallest absolute Gasteiger partial charge is 0.462 e. The third kappa shape index (κ3) is 41.2. The molecule has 0 aromatic rings. The number of phosphoric acid groups is 1. The van der Waals surface area contributed by atoms with Gasteiger partial charge in [-0.2, -0.15) is 0 Å². The Morgan fingerprint density at radius 2 is 0.804 bits per heavy atom. The number of esters is 2. The van der Waals surface area contributed by atoms with Crippen LogP contribution < -0.4 is 0 Å². The van der Waals surface area contributed by atoms with Crippen LogP contribution in [0.25, 0.3) is 0 Å². The van der Waals surface area contributed by atoms with Crippen LogP contribution in [0.5, 0.6) is 0 Å². The van der Waals surface area contributed by atoms with E-state index >= 15 is 0 Å². The van der Waals surface area contributed by atoms with Crippen LogP contribution in [0, 0.1) is 0 Å². The van der Waals surface area contributed by atoms with E-state index in [1.54, 1.807) is 0 Å². The monoisotopic (exact) mass is 694 g/mol. The summed E-state index contributed by atoms with van der Waals surface area (Å²) in [5.74, 6) is -0.873. The second-order valence-electron chi connectivity index (χ2n) is 12.6. The molecule has 0 aliphatic heterocycles. The summed E-state index contributed by atoms with van der Waals surface area (Å²) in [5.41, 5.74) is 0. The molecule has 2 N–H and O–H groups in total. The average Bonchev–Trinajstić information content (AvgIpc) is 2.98. The molecule has 0 aliphatic rings.